The van der Waals surface area contributed by atoms with Gasteiger partial charge in [-0.25, -0.2) is 4.99 Å². The summed E-state index contributed by atoms with van der Waals surface area (Å²) in [5, 5.41) is 6.28. The number of allylic oxidation sites excluding steroid dienone is 1. The van der Waals surface area contributed by atoms with Crippen LogP contribution < -0.4 is 10.6 Å². The number of thiol groups is 1. The number of amides is 1. The third-order valence-corrected chi connectivity index (χ3v) is 8.12. The van der Waals surface area contributed by atoms with Crippen molar-refractivity contribution in [3.05, 3.63) is 51.7 Å². The molecule has 1 fully saturated rings. The van der Waals surface area contributed by atoms with Gasteiger partial charge in [0.1, 0.15) is 0 Å². The second-order valence-corrected chi connectivity index (χ2v) is 12.8. The number of thiophene rings is 1. The molecular weight excluding hydrogens is 468 g/mol. The van der Waals surface area contributed by atoms with Gasteiger partial charge in [-0.1, -0.05) is 22.1 Å². The summed E-state index contributed by atoms with van der Waals surface area (Å²) >= 11 is 1.50. The van der Waals surface area contributed by atoms with Crippen molar-refractivity contribution in [3.63, 3.8) is 0 Å². The number of aliphatic imine (C=N–C) groups is 2. The fourth-order valence-corrected chi connectivity index (χ4v) is 5.34. The molecule has 2 N–H and O–H groups in total. The van der Waals surface area contributed by atoms with E-state index in [2.05, 4.69) is 20.6 Å². The molecule has 1 aliphatic heterocycles. The van der Waals surface area contributed by atoms with Gasteiger partial charge in [-0.3, -0.25) is 14.0 Å². The maximum absolute atomic E-state index is 12.6. The quantitative estimate of drug-likeness (QED) is 0.301. The van der Waals surface area contributed by atoms with Crippen LogP contribution in [0.4, 0.5) is 5.69 Å². The highest BCUT2D eigenvalue weighted by molar-refractivity contribution is 8.01. The Morgan fingerprint density at radius 1 is 1.26 bits per heavy atom. The standard InChI is InChI=1S/C25H34N4O3S2/c1-18-16-23(24(30)28-19-11-14-32-15-12-19)33-22(18)10-5-6-13-27-25(26-2)29-20-8-7-9-21(17-20)34(3,4)31/h5,7-10,13,16-17,19,34H,6,11-12,14-15H2,1-4H3,(H,26,29)(H,28,30)/b10-5-,27-13-. The number of hydrogen-bond acceptors (Lipinski definition) is 5. The second-order valence-electron chi connectivity index (χ2n) is 8.54. The zero-order valence-corrected chi connectivity index (χ0v) is 21.9. The Morgan fingerprint density at radius 2 is 2.03 bits per heavy atom. The van der Waals surface area contributed by atoms with Crippen LogP contribution in [0.2, 0.25) is 0 Å². The summed E-state index contributed by atoms with van der Waals surface area (Å²) in [5.41, 5.74) is 1.88. The third kappa shape index (κ3) is 7.72. The molecule has 0 aliphatic carbocycles. The van der Waals surface area contributed by atoms with E-state index < -0.39 is 9.93 Å². The van der Waals surface area contributed by atoms with Crippen LogP contribution in [0.1, 0.15) is 39.4 Å². The topological polar surface area (TPSA) is 92.2 Å². The molecular formula is C25H34N4O3S2. The fraction of sp³-hybridized carbons (Fsp3) is 0.400. The van der Waals surface area contributed by atoms with Crippen LogP contribution in [0.25, 0.3) is 6.08 Å². The highest BCUT2D eigenvalue weighted by Crippen LogP contribution is 2.24. The Labute approximate surface area is 206 Å². The van der Waals surface area contributed by atoms with E-state index in [-0.39, 0.29) is 11.9 Å². The monoisotopic (exact) mass is 502 g/mol. The maximum Gasteiger partial charge on any atom is 0.261 e. The average molecular weight is 503 g/mol. The van der Waals surface area contributed by atoms with Crippen LogP contribution in [0.5, 0.6) is 0 Å². The molecule has 1 amide bonds. The van der Waals surface area contributed by atoms with Gasteiger partial charge in [0.15, 0.2) is 0 Å². The number of anilines is 1. The smallest absolute Gasteiger partial charge is 0.261 e. The largest absolute Gasteiger partial charge is 0.381 e. The van der Waals surface area contributed by atoms with E-state index in [1.54, 1.807) is 25.8 Å². The van der Waals surface area contributed by atoms with Crippen molar-refractivity contribution in [3.8, 4) is 0 Å². The molecule has 2 heterocycles. The minimum absolute atomic E-state index is 0.0114. The summed E-state index contributed by atoms with van der Waals surface area (Å²) in [6.45, 7) is 3.42. The first-order chi connectivity index (χ1) is 16.3. The Bertz CT molecular complexity index is 1120. The molecule has 3 rings (SSSR count). The number of rotatable bonds is 7. The van der Waals surface area contributed by atoms with E-state index in [9.17, 15) is 9.00 Å². The summed E-state index contributed by atoms with van der Waals surface area (Å²) in [6.07, 6.45) is 11.7. The zero-order valence-electron chi connectivity index (χ0n) is 20.2. The Balaban J connectivity index is 1.53. The summed E-state index contributed by atoms with van der Waals surface area (Å²) in [5.74, 6) is 0.467. The van der Waals surface area contributed by atoms with Gasteiger partial charge in [0, 0.05) is 54.4 Å². The summed E-state index contributed by atoms with van der Waals surface area (Å²) in [4.78, 5) is 23.8. The predicted octanol–water partition coefficient (Wildman–Crippen LogP) is 4.17. The fourth-order valence-electron chi connectivity index (χ4n) is 3.44. The molecule has 1 aromatic carbocycles. The summed E-state index contributed by atoms with van der Waals surface area (Å²) in [6, 6.07) is 9.65. The molecule has 0 spiro atoms. The lowest BCUT2D eigenvalue weighted by Crippen LogP contribution is -2.38. The van der Waals surface area contributed by atoms with Crippen LogP contribution in [0.15, 0.2) is 51.3 Å². The van der Waals surface area contributed by atoms with E-state index in [0.29, 0.717) is 25.6 Å². The number of guanidine groups is 1. The molecule has 0 bridgehead atoms. The first-order valence-corrected chi connectivity index (χ1v) is 14.8. The predicted molar refractivity (Wildman–Crippen MR) is 146 cm³/mol. The molecule has 7 nitrogen and oxygen atoms in total. The normalized spacial score (nSPS) is 16.3. The van der Waals surface area contributed by atoms with Crippen molar-refractivity contribution in [2.75, 3.05) is 38.1 Å². The molecule has 184 valence electrons. The lowest BCUT2D eigenvalue weighted by Gasteiger charge is -2.22. The van der Waals surface area contributed by atoms with E-state index in [0.717, 1.165) is 38.7 Å². The minimum Gasteiger partial charge on any atom is -0.381 e. The van der Waals surface area contributed by atoms with Gasteiger partial charge in [0.2, 0.25) is 5.96 Å². The molecule has 0 unspecified atom stereocenters. The van der Waals surface area contributed by atoms with Crippen molar-refractivity contribution in [2.24, 2.45) is 9.98 Å². The second kappa shape index (κ2) is 12.2. The van der Waals surface area contributed by atoms with E-state index in [4.69, 9.17) is 4.74 Å². The van der Waals surface area contributed by atoms with Gasteiger partial charge in [-0.2, -0.15) is 0 Å². The number of carbonyl (C=O) groups is 1. The van der Waals surface area contributed by atoms with Crippen molar-refractivity contribution < 1.29 is 13.7 Å². The Hall–Kier alpha value is -2.62. The van der Waals surface area contributed by atoms with Crippen molar-refractivity contribution in [2.45, 2.75) is 37.1 Å². The first kappa shape index (κ1) is 26.0. The van der Waals surface area contributed by atoms with Crippen LogP contribution in [0.3, 0.4) is 0 Å². The summed E-state index contributed by atoms with van der Waals surface area (Å²) < 4.78 is 17.7. The van der Waals surface area contributed by atoms with Crippen molar-refractivity contribution >= 4 is 51.1 Å². The van der Waals surface area contributed by atoms with Gasteiger partial charge < -0.3 is 15.4 Å². The number of hydrogen-bond donors (Lipinski definition) is 3. The number of aryl methyl sites for hydroxylation is 1. The van der Waals surface area contributed by atoms with Crippen LogP contribution in [-0.2, 0) is 14.7 Å². The summed E-state index contributed by atoms with van der Waals surface area (Å²) in [7, 11) is -0.659. The van der Waals surface area contributed by atoms with E-state index in [1.165, 1.54) is 11.3 Å². The number of benzene rings is 1. The molecule has 0 radical (unpaired) electrons. The van der Waals surface area contributed by atoms with E-state index >= 15 is 0 Å². The molecule has 9 heteroatoms. The molecule has 1 aromatic heterocycles. The lowest BCUT2D eigenvalue weighted by atomic mass is 10.1. The Morgan fingerprint density at radius 3 is 2.74 bits per heavy atom. The van der Waals surface area contributed by atoms with Crippen molar-refractivity contribution in [1.29, 1.82) is 0 Å². The number of ether oxygens (including phenoxy) is 1. The SMILES string of the molecule is C/N=C(\N=C/C/C=C\c1sc(C(=O)NC2CCOCC2)cc1C)Nc1cccc([SH](C)(C)=O)c1. The van der Waals surface area contributed by atoms with Gasteiger partial charge in [0.25, 0.3) is 5.91 Å². The maximum atomic E-state index is 12.6. The van der Waals surface area contributed by atoms with Crippen molar-refractivity contribution in [1.82, 2.24) is 5.32 Å². The van der Waals surface area contributed by atoms with Crippen LogP contribution in [-0.4, -0.2) is 61.1 Å². The van der Waals surface area contributed by atoms with Gasteiger partial charge >= 0.3 is 0 Å². The number of carbonyl (C=O) groups excluding carboxylic acids is 1. The third-order valence-electron chi connectivity index (χ3n) is 5.40. The lowest BCUT2D eigenvalue weighted by molar-refractivity contribution is 0.0698. The average Bonchev–Trinajstić information content (AvgIpc) is 3.19. The van der Waals surface area contributed by atoms with Gasteiger partial charge in [-0.05, 0) is 68.2 Å². The number of nitrogens with zero attached hydrogens (tertiary/aromatic N) is 2. The molecule has 1 aliphatic rings. The highest BCUT2D eigenvalue weighted by atomic mass is 32.2. The molecule has 2 aromatic rings. The van der Waals surface area contributed by atoms with Gasteiger partial charge in [0.05, 0.1) is 4.88 Å². The Kier molecular flexibility index (Phi) is 9.32. The molecule has 0 atom stereocenters. The molecule has 1 saturated heterocycles. The first-order valence-electron chi connectivity index (χ1n) is 11.3. The van der Waals surface area contributed by atoms with E-state index in [1.807, 2.05) is 49.4 Å². The number of nitrogens with one attached hydrogen (secondary N) is 2. The van der Waals surface area contributed by atoms with Crippen LogP contribution in [0, 0.1) is 6.92 Å². The zero-order chi connectivity index (χ0) is 24.6. The minimum atomic E-state index is -2.33. The highest BCUT2D eigenvalue weighted by Gasteiger charge is 2.18. The molecule has 0 saturated carbocycles. The van der Waals surface area contributed by atoms with Gasteiger partial charge in [-0.15, -0.1) is 11.3 Å². The van der Waals surface area contributed by atoms with Crippen LogP contribution >= 0.6 is 11.3 Å². The molecule has 34 heavy (non-hydrogen) atoms.